The standard InChI is InChI=1S/C24H27N3O3/c1-16-12-13-19(14-17(16)2)27-23(29)20-10-6-7-11-21(20)26(24(27)30)15-22(28)25-18-8-4-3-5-9-18/h6-7,10-14,18H,3-5,8-9,15H2,1-2H3,(H,25,28). The minimum atomic E-state index is -0.499. The van der Waals surface area contributed by atoms with Crippen LogP contribution in [0.25, 0.3) is 16.6 Å². The van der Waals surface area contributed by atoms with Gasteiger partial charge in [0.05, 0.1) is 16.6 Å². The first-order chi connectivity index (χ1) is 14.5. The van der Waals surface area contributed by atoms with Crippen molar-refractivity contribution in [3.8, 4) is 5.69 Å². The van der Waals surface area contributed by atoms with Crippen molar-refractivity contribution in [1.29, 1.82) is 0 Å². The maximum absolute atomic E-state index is 13.4. The first kappa shape index (κ1) is 20.1. The number of hydrogen-bond donors (Lipinski definition) is 1. The van der Waals surface area contributed by atoms with E-state index in [2.05, 4.69) is 5.32 Å². The van der Waals surface area contributed by atoms with Gasteiger partial charge in [-0.15, -0.1) is 0 Å². The molecule has 30 heavy (non-hydrogen) atoms. The normalized spacial score (nSPS) is 14.7. The van der Waals surface area contributed by atoms with E-state index >= 15 is 0 Å². The van der Waals surface area contributed by atoms with E-state index in [9.17, 15) is 14.4 Å². The molecule has 0 radical (unpaired) electrons. The summed E-state index contributed by atoms with van der Waals surface area (Å²) in [6, 6.07) is 12.6. The highest BCUT2D eigenvalue weighted by atomic mass is 16.2. The molecule has 1 saturated carbocycles. The number of benzene rings is 2. The summed E-state index contributed by atoms with van der Waals surface area (Å²) in [5.74, 6) is -0.195. The summed E-state index contributed by atoms with van der Waals surface area (Å²) < 4.78 is 2.58. The van der Waals surface area contributed by atoms with Gasteiger partial charge in [0, 0.05) is 6.04 Å². The van der Waals surface area contributed by atoms with Gasteiger partial charge in [-0.1, -0.05) is 37.5 Å². The Hall–Kier alpha value is -3.15. The Kier molecular flexibility index (Phi) is 5.57. The van der Waals surface area contributed by atoms with Crippen molar-refractivity contribution in [2.24, 2.45) is 0 Å². The maximum Gasteiger partial charge on any atom is 0.336 e. The van der Waals surface area contributed by atoms with Crippen molar-refractivity contribution in [2.45, 2.75) is 58.5 Å². The second-order valence-electron chi connectivity index (χ2n) is 8.20. The smallest absolute Gasteiger partial charge is 0.336 e. The number of fused-ring (bicyclic) bond motifs is 1. The third-order valence-electron chi connectivity index (χ3n) is 6.07. The fourth-order valence-electron chi connectivity index (χ4n) is 4.23. The Bertz CT molecular complexity index is 1220. The number of nitrogens with zero attached hydrogens (tertiary/aromatic N) is 2. The lowest BCUT2D eigenvalue weighted by atomic mass is 9.95. The average molecular weight is 405 g/mol. The van der Waals surface area contributed by atoms with Gasteiger partial charge in [-0.2, -0.15) is 0 Å². The van der Waals surface area contributed by atoms with Gasteiger partial charge < -0.3 is 5.32 Å². The Morgan fingerprint density at radius 2 is 1.73 bits per heavy atom. The first-order valence-electron chi connectivity index (χ1n) is 10.6. The lowest BCUT2D eigenvalue weighted by molar-refractivity contribution is -0.122. The molecule has 6 nitrogen and oxygen atoms in total. The van der Waals surface area contributed by atoms with Crippen LogP contribution in [0.15, 0.2) is 52.1 Å². The Balaban J connectivity index is 1.80. The molecule has 0 bridgehead atoms. The highest BCUT2D eigenvalue weighted by Gasteiger charge is 2.19. The predicted octanol–water partition coefficient (Wildman–Crippen LogP) is 3.22. The number of hydrogen-bond acceptors (Lipinski definition) is 3. The van der Waals surface area contributed by atoms with Crippen LogP contribution in [0.2, 0.25) is 0 Å². The van der Waals surface area contributed by atoms with Gasteiger partial charge in [-0.05, 0) is 62.1 Å². The molecule has 1 aromatic heterocycles. The molecule has 6 heteroatoms. The third-order valence-corrected chi connectivity index (χ3v) is 6.07. The van der Waals surface area contributed by atoms with Gasteiger partial charge in [0.2, 0.25) is 5.91 Å². The highest BCUT2D eigenvalue weighted by Crippen LogP contribution is 2.18. The number of amides is 1. The zero-order valence-electron chi connectivity index (χ0n) is 17.5. The zero-order chi connectivity index (χ0) is 21.3. The van der Waals surface area contributed by atoms with Crippen LogP contribution >= 0.6 is 0 Å². The quantitative estimate of drug-likeness (QED) is 0.724. The van der Waals surface area contributed by atoms with Crippen molar-refractivity contribution in [2.75, 3.05) is 0 Å². The monoisotopic (exact) mass is 405 g/mol. The molecular formula is C24H27N3O3. The molecule has 1 aliphatic carbocycles. The number of rotatable bonds is 4. The highest BCUT2D eigenvalue weighted by molar-refractivity contribution is 5.82. The molecule has 0 spiro atoms. The molecule has 1 N–H and O–H groups in total. The van der Waals surface area contributed by atoms with Crippen LogP contribution in [0.1, 0.15) is 43.2 Å². The van der Waals surface area contributed by atoms with Crippen molar-refractivity contribution in [3.63, 3.8) is 0 Å². The number of aryl methyl sites for hydroxylation is 2. The summed E-state index contributed by atoms with van der Waals surface area (Å²) in [6.45, 7) is 3.82. The summed E-state index contributed by atoms with van der Waals surface area (Å²) in [5.41, 5.74) is 2.20. The minimum Gasteiger partial charge on any atom is -0.352 e. The molecule has 0 aliphatic heterocycles. The molecule has 1 amide bonds. The van der Waals surface area contributed by atoms with Gasteiger partial charge in [0.15, 0.2) is 0 Å². The van der Waals surface area contributed by atoms with Crippen molar-refractivity contribution in [3.05, 3.63) is 74.4 Å². The SMILES string of the molecule is Cc1ccc(-n2c(=O)c3ccccc3n(CC(=O)NC3CCCCC3)c2=O)cc1C. The summed E-state index contributed by atoms with van der Waals surface area (Å²) in [7, 11) is 0. The molecule has 0 unspecified atom stereocenters. The molecule has 1 aliphatic rings. The lowest BCUT2D eigenvalue weighted by Gasteiger charge is -2.23. The van der Waals surface area contributed by atoms with Crippen LogP contribution in [0.4, 0.5) is 0 Å². The van der Waals surface area contributed by atoms with E-state index in [-0.39, 0.29) is 24.1 Å². The van der Waals surface area contributed by atoms with E-state index in [0.29, 0.717) is 16.6 Å². The second kappa shape index (κ2) is 8.30. The van der Waals surface area contributed by atoms with Crippen LogP contribution < -0.4 is 16.6 Å². The summed E-state index contributed by atoms with van der Waals surface area (Å²) in [4.78, 5) is 39.3. The fraction of sp³-hybridized carbons (Fsp3) is 0.375. The second-order valence-corrected chi connectivity index (χ2v) is 8.20. The summed E-state index contributed by atoms with van der Waals surface area (Å²) in [6.07, 6.45) is 5.39. The number of para-hydroxylation sites is 1. The van der Waals surface area contributed by atoms with Gasteiger partial charge in [0.1, 0.15) is 6.54 Å². The van der Waals surface area contributed by atoms with E-state index in [1.54, 1.807) is 30.3 Å². The molecular weight excluding hydrogens is 378 g/mol. The topological polar surface area (TPSA) is 73.1 Å². The van der Waals surface area contributed by atoms with E-state index < -0.39 is 5.69 Å². The minimum absolute atomic E-state index is 0.110. The number of aromatic nitrogens is 2. The predicted molar refractivity (Wildman–Crippen MR) is 118 cm³/mol. The molecule has 1 heterocycles. The van der Waals surface area contributed by atoms with E-state index in [1.807, 2.05) is 26.0 Å². The van der Waals surface area contributed by atoms with Gasteiger partial charge >= 0.3 is 5.69 Å². The Morgan fingerprint density at radius 1 is 1.00 bits per heavy atom. The molecule has 0 saturated heterocycles. The molecule has 1 fully saturated rings. The van der Waals surface area contributed by atoms with Crippen LogP contribution in [0.5, 0.6) is 0 Å². The fourth-order valence-corrected chi connectivity index (χ4v) is 4.23. The molecule has 156 valence electrons. The lowest BCUT2D eigenvalue weighted by Crippen LogP contribution is -2.44. The van der Waals surface area contributed by atoms with E-state index in [4.69, 9.17) is 0 Å². The molecule has 2 aromatic carbocycles. The van der Waals surface area contributed by atoms with E-state index in [1.165, 1.54) is 15.6 Å². The van der Waals surface area contributed by atoms with Gasteiger partial charge in [-0.3, -0.25) is 14.2 Å². The van der Waals surface area contributed by atoms with Crippen LogP contribution in [0.3, 0.4) is 0 Å². The summed E-state index contributed by atoms with van der Waals surface area (Å²) in [5, 5.41) is 3.48. The molecule has 4 rings (SSSR count). The Labute approximate surface area is 175 Å². The van der Waals surface area contributed by atoms with Gasteiger partial charge in [0.25, 0.3) is 5.56 Å². The third kappa shape index (κ3) is 3.82. The number of carbonyl (C=O) groups excluding carboxylic acids is 1. The summed E-state index contributed by atoms with van der Waals surface area (Å²) >= 11 is 0. The molecule has 3 aromatic rings. The Morgan fingerprint density at radius 3 is 2.47 bits per heavy atom. The number of nitrogens with one attached hydrogen (secondary N) is 1. The largest absolute Gasteiger partial charge is 0.352 e. The van der Waals surface area contributed by atoms with E-state index in [0.717, 1.165) is 36.8 Å². The average Bonchev–Trinajstić information content (AvgIpc) is 2.74. The van der Waals surface area contributed by atoms with Crippen LogP contribution in [0, 0.1) is 13.8 Å². The van der Waals surface area contributed by atoms with Crippen LogP contribution in [-0.4, -0.2) is 21.1 Å². The number of carbonyl (C=O) groups is 1. The zero-order valence-corrected chi connectivity index (χ0v) is 17.5. The maximum atomic E-state index is 13.4. The van der Waals surface area contributed by atoms with Crippen LogP contribution in [-0.2, 0) is 11.3 Å². The van der Waals surface area contributed by atoms with Crippen molar-refractivity contribution >= 4 is 16.8 Å². The van der Waals surface area contributed by atoms with Crippen molar-refractivity contribution < 1.29 is 4.79 Å². The van der Waals surface area contributed by atoms with Gasteiger partial charge in [-0.25, -0.2) is 9.36 Å². The first-order valence-corrected chi connectivity index (χ1v) is 10.6. The molecule has 0 atom stereocenters. The van der Waals surface area contributed by atoms with Crippen molar-refractivity contribution in [1.82, 2.24) is 14.5 Å².